The highest BCUT2D eigenvalue weighted by atomic mass is 14.2. The van der Waals surface area contributed by atoms with Crippen LogP contribution in [0, 0.1) is 0 Å². The number of allylic oxidation sites excluding steroid dienone is 3. The van der Waals surface area contributed by atoms with E-state index in [4.69, 9.17) is 0 Å². The summed E-state index contributed by atoms with van der Waals surface area (Å²) in [6, 6.07) is 23.8. The van der Waals surface area contributed by atoms with Gasteiger partial charge in [-0.05, 0) is 58.2 Å². The molecule has 0 nitrogen and oxygen atoms in total. The van der Waals surface area contributed by atoms with Crippen LogP contribution in [0.2, 0.25) is 0 Å². The molecule has 134 valence electrons. The fourth-order valence-corrected chi connectivity index (χ4v) is 3.69. The van der Waals surface area contributed by atoms with Gasteiger partial charge in [-0.15, -0.1) is 19.7 Å². The van der Waals surface area contributed by atoms with Gasteiger partial charge in [-0.3, -0.25) is 0 Å². The highest BCUT2D eigenvalue weighted by molar-refractivity contribution is 5.86. The first-order valence-corrected chi connectivity index (χ1v) is 9.41. The summed E-state index contributed by atoms with van der Waals surface area (Å²) < 4.78 is 0. The van der Waals surface area contributed by atoms with E-state index in [1.165, 1.54) is 38.9 Å². The molecule has 0 saturated heterocycles. The van der Waals surface area contributed by atoms with Crippen molar-refractivity contribution in [2.24, 2.45) is 0 Å². The largest absolute Gasteiger partial charge is 0.103 e. The van der Waals surface area contributed by atoms with Gasteiger partial charge in [0, 0.05) is 0 Å². The fourth-order valence-electron chi connectivity index (χ4n) is 3.69. The SMILES string of the molecule is C=CCc1ccccc1-c1ccccc1-c1cccc(CC=C)c1CC=C. The van der Waals surface area contributed by atoms with E-state index in [1.807, 2.05) is 18.2 Å². The molecule has 27 heavy (non-hydrogen) atoms. The molecule has 3 aromatic rings. The average Bonchev–Trinajstić information content (AvgIpc) is 2.70. The Morgan fingerprint density at radius 3 is 1.63 bits per heavy atom. The fraction of sp³-hybridized carbons (Fsp3) is 0.111. The molecule has 0 saturated carbocycles. The van der Waals surface area contributed by atoms with Crippen LogP contribution in [0.5, 0.6) is 0 Å². The lowest BCUT2D eigenvalue weighted by Crippen LogP contribution is -1.98. The van der Waals surface area contributed by atoms with Crippen molar-refractivity contribution >= 4 is 0 Å². The summed E-state index contributed by atoms with van der Waals surface area (Å²) in [7, 11) is 0. The van der Waals surface area contributed by atoms with Crippen molar-refractivity contribution in [3.63, 3.8) is 0 Å². The van der Waals surface area contributed by atoms with Crippen molar-refractivity contribution < 1.29 is 0 Å². The zero-order chi connectivity index (χ0) is 19.1. The molecule has 0 fully saturated rings. The van der Waals surface area contributed by atoms with Crippen LogP contribution in [0.3, 0.4) is 0 Å². The zero-order valence-corrected chi connectivity index (χ0v) is 15.8. The van der Waals surface area contributed by atoms with Gasteiger partial charge in [0.05, 0.1) is 0 Å². The molecular formula is C27H26. The van der Waals surface area contributed by atoms with Crippen LogP contribution in [0.4, 0.5) is 0 Å². The van der Waals surface area contributed by atoms with Gasteiger partial charge >= 0.3 is 0 Å². The maximum Gasteiger partial charge on any atom is -0.00911 e. The second-order valence-electron chi connectivity index (χ2n) is 6.62. The van der Waals surface area contributed by atoms with Gasteiger partial charge in [0.15, 0.2) is 0 Å². The van der Waals surface area contributed by atoms with Crippen molar-refractivity contribution in [1.29, 1.82) is 0 Å². The first-order valence-electron chi connectivity index (χ1n) is 9.41. The summed E-state index contributed by atoms with van der Waals surface area (Å²) in [6.07, 6.45) is 8.50. The lowest BCUT2D eigenvalue weighted by Gasteiger charge is -2.18. The molecule has 0 amide bonds. The minimum absolute atomic E-state index is 0.849. The number of rotatable bonds is 8. The highest BCUT2D eigenvalue weighted by Gasteiger charge is 2.14. The number of hydrogen-bond donors (Lipinski definition) is 0. The van der Waals surface area contributed by atoms with Crippen LogP contribution < -0.4 is 0 Å². The molecule has 0 atom stereocenters. The van der Waals surface area contributed by atoms with E-state index < -0.39 is 0 Å². The lowest BCUT2D eigenvalue weighted by molar-refractivity contribution is 1.16. The molecular weight excluding hydrogens is 324 g/mol. The Labute approximate surface area is 163 Å². The molecule has 0 spiro atoms. The zero-order valence-electron chi connectivity index (χ0n) is 15.8. The van der Waals surface area contributed by atoms with Crippen molar-refractivity contribution in [1.82, 2.24) is 0 Å². The van der Waals surface area contributed by atoms with Crippen molar-refractivity contribution in [2.75, 3.05) is 0 Å². The van der Waals surface area contributed by atoms with E-state index in [-0.39, 0.29) is 0 Å². The van der Waals surface area contributed by atoms with Crippen LogP contribution in [-0.2, 0) is 19.3 Å². The third-order valence-electron chi connectivity index (χ3n) is 4.87. The predicted octanol–water partition coefficient (Wildman–Crippen LogP) is 7.21. The summed E-state index contributed by atoms with van der Waals surface area (Å²) >= 11 is 0. The van der Waals surface area contributed by atoms with Crippen LogP contribution in [-0.4, -0.2) is 0 Å². The highest BCUT2D eigenvalue weighted by Crippen LogP contribution is 2.37. The van der Waals surface area contributed by atoms with E-state index in [0.717, 1.165) is 19.3 Å². The molecule has 3 rings (SSSR count). The third kappa shape index (κ3) is 4.01. The lowest BCUT2D eigenvalue weighted by atomic mass is 9.86. The Kier molecular flexibility index (Phi) is 6.22. The van der Waals surface area contributed by atoms with E-state index in [1.54, 1.807) is 0 Å². The summed E-state index contributed by atoms with van der Waals surface area (Å²) in [5, 5.41) is 0. The standard InChI is InChI=1S/C27H26/c1-4-12-21-15-7-8-17-24(21)25-18-9-10-19-27(25)26-20-11-16-22(13-5-2)23(26)14-6-3/h4-11,15-20H,1-3,12-14H2. The molecule has 0 N–H and O–H groups in total. The van der Waals surface area contributed by atoms with Gasteiger partial charge in [0.1, 0.15) is 0 Å². The molecule has 0 aliphatic rings. The predicted molar refractivity (Wildman–Crippen MR) is 119 cm³/mol. The Hall–Kier alpha value is -3.12. The summed E-state index contributed by atoms with van der Waals surface area (Å²) in [6.45, 7) is 11.8. The Morgan fingerprint density at radius 1 is 0.481 bits per heavy atom. The Balaban J connectivity index is 2.24. The minimum Gasteiger partial charge on any atom is -0.103 e. The maximum absolute atomic E-state index is 3.97. The second kappa shape index (κ2) is 9.00. The quantitative estimate of drug-likeness (QED) is 0.377. The normalized spacial score (nSPS) is 10.4. The van der Waals surface area contributed by atoms with Crippen molar-refractivity contribution in [2.45, 2.75) is 19.3 Å². The molecule has 0 heteroatoms. The Bertz CT molecular complexity index is 959. The van der Waals surface area contributed by atoms with Crippen LogP contribution >= 0.6 is 0 Å². The van der Waals surface area contributed by atoms with Gasteiger partial charge in [-0.1, -0.05) is 85.0 Å². The van der Waals surface area contributed by atoms with E-state index in [9.17, 15) is 0 Å². The maximum atomic E-state index is 3.97. The van der Waals surface area contributed by atoms with Crippen LogP contribution in [0.15, 0.2) is 105 Å². The van der Waals surface area contributed by atoms with E-state index >= 15 is 0 Å². The van der Waals surface area contributed by atoms with Gasteiger partial charge < -0.3 is 0 Å². The van der Waals surface area contributed by atoms with Crippen LogP contribution in [0.25, 0.3) is 22.3 Å². The number of hydrogen-bond acceptors (Lipinski definition) is 0. The van der Waals surface area contributed by atoms with Crippen molar-refractivity contribution in [3.8, 4) is 22.3 Å². The van der Waals surface area contributed by atoms with Gasteiger partial charge in [0.25, 0.3) is 0 Å². The summed E-state index contributed by atoms with van der Waals surface area (Å²) in [4.78, 5) is 0. The van der Waals surface area contributed by atoms with Crippen LogP contribution in [0.1, 0.15) is 16.7 Å². The molecule has 0 aliphatic heterocycles. The third-order valence-corrected chi connectivity index (χ3v) is 4.87. The minimum atomic E-state index is 0.849. The molecule has 0 heterocycles. The molecule has 3 aromatic carbocycles. The van der Waals surface area contributed by atoms with Gasteiger partial charge in [0.2, 0.25) is 0 Å². The smallest absolute Gasteiger partial charge is 0.00911 e. The first kappa shape index (κ1) is 18.7. The van der Waals surface area contributed by atoms with E-state index in [2.05, 4.69) is 86.5 Å². The molecule has 0 radical (unpaired) electrons. The average molecular weight is 351 g/mol. The molecule has 0 unspecified atom stereocenters. The second-order valence-corrected chi connectivity index (χ2v) is 6.62. The Morgan fingerprint density at radius 2 is 0.963 bits per heavy atom. The summed E-state index contributed by atoms with van der Waals surface area (Å²) in [5.74, 6) is 0. The molecule has 0 aromatic heterocycles. The van der Waals surface area contributed by atoms with Gasteiger partial charge in [-0.2, -0.15) is 0 Å². The number of benzene rings is 3. The summed E-state index contributed by atoms with van der Waals surface area (Å²) in [5.41, 5.74) is 9.02. The monoisotopic (exact) mass is 350 g/mol. The molecule has 0 bridgehead atoms. The molecule has 0 aliphatic carbocycles. The van der Waals surface area contributed by atoms with Crippen molar-refractivity contribution in [3.05, 3.63) is 121 Å². The first-order chi connectivity index (χ1) is 13.3. The topological polar surface area (TPSA) is 0 Å². The van der Waals surface area contributed by atoms with E-state index in [0.29, 0.717) is 0 Å². The van der Waals surface area contributed by atoms with Gasteiger partial charge in [-0.25, -0.2) is 0 Å².